The molecule has 3 saturated heterocycles. The molecular weight excluding hydrogens is 724 g/mol. The lowest BCUT2D eigenvalue weighted by Crippen LogP contribution is -2.44. The largest absolute Gasteiger partial charge is 0.461 e. The van der Waals surface area contributed by atoms with Gasteiger partial charge in [-0.1, -0.05) is 35.4 Å². The highest BCUT2D eigenvalue weighted by Gasteiger charge is 2.49. The minimum absolute atomic E-state index is 0.0177. The van der Waals surface area contributed by atoms with Crippen LogP contribution >= 0.6 is 11.6 Å². The van der Waals surface area contributed by atoms with Crippen LogP contribution in [-0.2, 0) is 23.1 Å². The minimum atomic E-state index is -4.18. The average molecular weight is 766 g/mol. The van der Waals surface area contributed by atoms with Gasteiger partial charge in [0.1, 0.15) is 35.1 Å². The molecule has 4 aliphatic heterocycles. The van der Waals surface area contributed by atoms with Crippen molar-refractivity contribution >= 4 is 44.0 Å². The molecule has 0 amide bonds. The lowest BCUT2D eigenvalue weighted by Gasteiger charge is -2.37. The van der Waals surface area contributed by atoms with Gasteiger partial charge in [-0.15, -0.1) is 0 Å². The summed E-state index contributed by atoms with van der Waals surface area (Å²) in [6, 6.07) is 12.6. The summed E-state index contributed by atoms with van der Waals surface area (Å²) in [5.41, 5.74) is 2.75. The lowest BCUT2D eigenvalue weighted by atomic mass is 9.95. The van der Waals surface area contributed by atoms with E-state index in [9.17, 15) is 17.9 Å². The number of benzene rings is 3. The van der Waals surface area contributed by atoms with Crippen LogP contribution in [0.3, 0.4) is 0 Å². The predicted molar refractivity (Wildman–Crippen MR) is 198 cm³/mol. The third-order valence-corrected chi connectivity index (χ3v) is 13.7. The van der Waals surface area contributed by atoms with Crippen LogP contribution in [0.1, 0.15) is 48.9 Å². The number of nitrogens with zero attached hydrogens (tertiary/aromatic N) is 5. The molecule has 3 unspecified atom stereocenters. The van der Waals surface area contributed by atoms with E-state index in [1.807, 2.05) is 11.8 Å². The van der Waals surface area contributed by atoms with Crippen LogP contribution in [0.25, 0.3) is 10.8 Å². The van der Waals surface area contributed by atoms with Crippen molar-refractivity contribution in [2.75, 3.05) is 49.1 Å². The van der Waals surface area contributed by atoms with Gasteiger partial charge in [-0.25, -0.2) is 8.78 Å². The third kappa shape index (κ3) is 6.36. The molecule has 0 spiro atoms. The van der Waals surface area contributed by atoms with E-state index < -0.39 is 22.1 Å². The predicted octanol–water partition coefficient (Wildman–Crippen LogP) is 6.22. The number of aliphatic hydroxyl groups excluding tert-OH is 1. The van der Waals surface area contributed by atoms with Crippen LogP contribution < -0.4 is 18.7 Å². The Morgan fingerprint density at radius 3 is 2.68 bits per heavy atom. The first kappa shape index (κ1) is 35.0. The molecule has 1 aliphatic carbocycles. The first-order chi connectivity index (χ1) is 25.4. The Labute approximate surface area is 312 Å². The zero-order chi connectivity index (χ0) is 36.6. The molecule has 280 valence electrons. The van der Waals surface area contributed by atoms with E-state index >= 15 is 4.39 Å². The molecule has 3 aromatic carbocycles. The number of aliphatic hydroxyl groups is 1. The Balaban J connectivity index is 1.08. The summed E-state index contributed by atoms with van der Waals surface area (Å²) < 4.78 is 68.5. The normalized spacial score (nSPS) is 27.0. The van der Waals surface area contributed by atoms with Crippen molar-refractivity contribution < 1.29 is 31.2 Å². The molecule has 9 rings (SSSR count). The number of alkyl halides is 1. The topological polar surface area (TPSA) is 108 Å². The lowest BCUT2D eigenvalue weighted by molar-refractivity contribution is 0.107. The number of piperidine rings is 1. The number of fused-ring (bicyclic) bond motifs is 5. The highest BCUT2D eigenvalue weighted by Crippen LogP contribution is 2.44. The fraction of sp³-hybridized carbons (Fsp3) is 0.487. The van der Waals surface area contributed by atoms with Crippen LogP contribution in [0.2, 0.25) is 5.02 Å². The standard InChI is InChI=1S/C39H42ClF2N5O5S/c1-23-3-6-29(7-4-23)53(49,50)52-28-15-25-5-8-31(42)36(40)35(25)33(16-28)45-12-9-30-32(21-45)43-38(51-22-39-10-2-11-47(39)20-27(41)17-39)44-37(30)46-18-24-13-26(19-46)34(48)14-24/h3-8,15-16,24,26-27,34,48H,2,9-14,17-22H2,1H3/t24?,26?,27-,34?,39+/m1/s1. The molecule has 53 heavy (non-hydrogen) atoms. The minimum Gasteiger partial charge on any atom is -0.461 e. The van der Waals surface area contributed by atoms with E-state index in [2.05, 4.69) is 9.80 Å². The van der Waals surface area contributed by atoms with E-state index in [-0.39, 0.29) is 52.4 Å². The second-order valence-electron chi connectivity index (χ2n) is 15.6. The van der Waals surface area contributed by atoms with Crippen molar-refractivity contribution in [2.45, 2.75) is 74.7 Å². The van der Waals surface area contributed by atoms with Crippen LogP contribution in [-0.4, -0.2) is 85.5 Å². The molecule has 1 saturated carbocycles. The Morgan fingerprint density at radius 2 is 1.87 bits per heavy atom. The van der Waals surface area contributed by atoms with Gasteiger partial charge in [0.25, 0.3) is 0 Å². The average Bonchev–Trinajstić information content (AvgIpc) is 3.75. The molecular formula is C39H42ClF2N5O5S. The van der Waals surface area contributed by atoms with Gasteiger partial charge in [0.15, 0.2) is 0 Å². The molecule has 5 heterocycles. The maximum Gasteiger partial charge on any atom is 0.339 e. The highest BCUT2D eigenvalue weighted by atomic mass is 35.5. The van der Waals surface area contributed by atoms with Crippen LogP contribution in [0.15, 0.2) is 53.4 Å². The number of aryl methyl sites for hydroxylation is 1. The Hall–Kier alpha value is -3.78. The van der Waals surface area contributed by atoms with Gasteiger partial charge >= 0.3 is 16.1 Å². The van der Waals surface area contributed by atoms with E-state index in [0.717, 1.165) is 61.4 Å². The number of ether oxygens (including phenoxy) is 1. The van der Waals surface area contributed by atoms with Crippen LogP contribution in [0.4, 0.5) is 20.3 Å². The SMILES string of the molecule is Cc1ccc(S(=O)(=O)Oc2cc(N3CCc4c(nc(OC[C@@]56CCCN5C[C@H](F)C6)nc4N4CC5CC(O)C(C5)C4)C3)c3c(Cl)c(F)ccc3c2)cc1. The molecule has 1 N–H and O–H groups in total. The number of rotatable bonds is 8. The van der Waals surface area contributed by atoms with Gasteiger partial charge in [0.2, 0.25) is 0 Å². The van der Waals surface area contributed by atoms with Crippen LogP contribution in [0, 0.1) is 24.6 Å². The van der Waals surface area contributed by atoms with Crippen molar-refractivity contribution in [1.29, 1.82) is 0 Å². The maximum absolute atomic E-state index is 15.0. The third-order valence-electron chi connectivity index (χ3n) is 12.1. The summed E-state index contributed by atoms with van der Waals surface area (Å²) in [6.07, 6.45) is 3.36. The van der Waals surface area contributed by atoms with Crippen molar-refractivity contribution in [1.82, 2.24) is 14.9 Å². The molecule has 10 nitrogen and oxygen atoms in total. The van der Waals surface area contributed by atoms with E-state index in [1.165, 1.54) is 18.2 Å². The fourth-order valence-corrected chi connectivity index (χ4v) is 10.7. The number of hydrogen-bond acceptors (Lipinski definition) is 10. The van der Waals surface area contributed by atoms with Gasteiger partial charge in [-0.3, -0.25) is 4.90 Å². The van der Waals surface area contributed by atoms with E-state index in [4.69, 9.17) is 30.5 Å². The molecule has 0 radical (unpaired) electrons. The summed E-state index contributed by atoms with van der Waals surface area (Å²) >= 11 is 6.64. The van der Waals surface area contributed by atoms with Gasteiger partial charge in [0.05, 0.1) is 34.6 Å². The molecule has 4 aromatic rings. The fourth-order valence-electron chi connectivity index (χ4n) is 9.50. The molecule has 4 fully saturated rings. The van der Waals surface area contributed by atoms with E-state index in [0.29, 0.717) is 54.9 Å². The first-order valence-electron chi connectivity index (χ1n) is 18.5. The smallest absolute Gasteiger partial charge is 0.339 e. The summed E-state index contributed by atoms with van der Waals surface area (Å²) in [5, 5.41) is 11.6. The maximum atomic E-state index is 15.0. The van der Waals surface area contributed by atoms with Crippen LogP contribution in [0.5, 0.6) is 11.8 Å². The summed E-state index contributed by atoms with van der Waals surface area (Å²) in [4.78, 5) is 16.4. The first-order valence-corrected chi connectivity index (χ1v) is 20.3. The highest BCUT2D eigenvalue weighted by molar-refractivity contribution is 7.87. The van der Waals surface area contributed by atoms with Gasteiger partial charge in [-0.2, -0.15) is 18.4 Å². The van der Waals surface area contributed by atoms with Crippen molar-refractivity contribution in [2.24, 2.45) is 11.8 Å². The molecule has 1 aromatic heterocycles. The van der Waals surface area contributed by atoms with E-state index in [1.54, 1.807) is 30.3 Å². The van der Waals surface area contributed by atoms with Gasteiger partial charge < -0.3 is 23.8 Å². The Bertz CT molecular complexity index is 2190. The van der Waals surface area contributed by atoms with Gasteiger partial charge in [0, 0.05) is 55.5 Å². The Kier molecular flexibility index (Phi) is 8.71. The molecule has 2 bridgehead atoms. The number of anilines is 2. The summed E-state index contributed by atoms with van der Waals surface area (Å²) in [7, 11) is -4.18. The summed E-state index contributed by atoms with van der Waals surface area (Å²) in [6.45, 7) is 5.64. The summed E-state index contributed by atoms with van der Waals surface area (Å²) in [5.74, 6) is 0.798. The number of halogens is 3. The van der Waals surface area contributed by atoms with Gasteiger partial charge in [-0.05, 0) is 81.1 Å². The van der Waals surface area contributed by atoms with Crippen molar-refractivity contribution in [3.63, 3.8) is 0 Å². The number of aromatic nitrogens is 2. The van der Waals surface area contributed by atoms with Crippen molar-refractivity contribution in [3.05, 3.63) is 76.2 Å². The monoisotopic (exact) mass is 765 g/mol. The molecule has 14 heteroatoms. The van der Waals surface area contributed by atoms with Crippen molar-refractivity contribution in [3.8, 4) is 11.8 Å². The second kappa shape index (κ2) is 13.2. The number of hydrogen-bond donors (Lipinski definition) is 1. The molecule has 5 aliphatic rings. The zero-order valence-corrected chi connectivity index (χ0v) is 31.1. The Morgan fingerprint density at radius 1 is 1.04 bits per heavy atom. The molecule has 5 atom stereocenters. The quantitative estimate of drug-likeness (QED) is 0.208. The second-order valence-corrected chi connectivity index (χ2v) is 17.5. The zero-order valence-electron chi connectivity index (χ0n) is 29.5.